The van der Waals surface area contributed by atoms with Gasteiger partial charge in [0.25, 0.3) is 0 Å². The van der Waals surface area contributed by atoms with Crippen molar-refractivity contribution in [1.82, 2.24) is 24.8 Å². The molecule has 13 nitrogen and oxygen atoms in total. The molecule has 6 aromatic carbocycles. The SMILES string of the molecule is Cc1cc2ccccc2cc1NC(=O)Nc1ccc(-c2ccc(CN3CCOCC3)nc2)c2ccccc12.Cc1cnc(C(C)(C)C)cc1NC(=O)Nc1ccc(-c2ccc(CN3CCOCC3)nc2)c2ccccc12. The molecule has 4 amide bonds. The average molecular weight is 1010 g/mol. The number of nitrogens with one attached hydrogen (secondary N) is 4. The number of urea groups is 2. The zero-order valence-electron chi connectivity index (χ0n) is 44.0. The Morgan fingerprint density at radius 2 is 0.908 bits per heavy atom. The minimum atomic E-state index is -0.286. The Bertz CT molecular complexity index is 3510. The molecule has 0 unspecified atom stereocenters. The van der Waals surface area contributed by atoms with Crippen molar-refractivity contribution in [2.75, 3.05) is 73.9 Å². The summed E-state index contributed by atoms with van der Waals surface area (Å²) in [4.78, 5) is 44.8. The van der Waals surface area contributed by atoms with Crippen molar-refractivity contribution in [1.29, 1.82) is 0 Å². The molecule has 13 heteroatoms. The summed E-state index contributed by atoms with van der Waals surface area (Å²) in [6.45, 7) is 18.8. The lowest BCUT2D eigenvalue weighted by molar-refractivity contribution is 0.0336. The first kappa shape index (κ1) is 51.4. The quantitative estimate of drug-likeness (QED) is 0.105. The van der Waals surface area contributed by atoms with Crippen LogP contribution >= 0.6 is 0 Å². The Labute approximate surface area is 444 Å². The largest absolute Gasteiger partial charge is 0.379 e. The van der Waals surface area contributed by atoms with Crippen molar-refractivity contribution < 1.29 is 19.1 Å². The topological polar surface area (TPSA) is 146 Å². The highest BCUT2D eigenvalue weighted by atomic mass is 16.5. The van der Waals surface area contributed by atoms with E-state index in [1.54, 1.807) is 6.20 Å². The van der Waals surface area contributed by atoms with E-state index in [1.807, 2.05) is 111 Å². The van der Waals surface area contributed by atoms with Crippen LogP contribution in [0.4, 0.5) is 32.3 Å². The van der Waals surface area contributed by atoms with Gasteiger partial charge in [0, 0.05) is 102 Å². The summed E-state index contributed by atoms with van der Waals surface area (Å²) in [6, 6.07) is 46.4. The van der Waals surface area contributed by atoms with E-state index in [9.17, 15) is 9.59 Å². The molecule has 0 spiro atoms. The standard InChI is InChI=1S/C32H30N4O2.C31H35N5O2/c1-22-18-23-6-2-3-7-24(23)19-31(22)35-32(37)34-30-13-12-27(28-8-4-5-9-29(28)30)25-10-11-26(33-20-25)21-36-14-16-38-17-15-36;1-21-18-33-29(31(2,3)4)17-28(21)35-30(37)34-27-12-11-24(25-7-5-6-8-26(25)27)22-9-10-23(32-19-22)20-36-13-15-38-16-14-36/h2-13,18-20H,14-17,21H2,1H3,(H2,34,35,37);5-12,17-19H,13-16,20H2,1-4H3,(H2,33,34,35,37). The molecule has 76 heavy (non-hydrogen) atoms. The Morgan fingerprint density at radius 3 is 1.37 bits per heavy atom. The Balaban J connectivity index is 0.000000173. The maximum atomic E-state index is 13.0. The first-order chi connectivity index (χ1) is 36.9. The van der Waals surface area contributed by atoms with E-state index in [4.69, 9.17) is 19.4 Å². The highest BCUT2D eigenvalue weighted by Gasteiger charge is 2.19. The Kier molecular flexibility index (Phi) is 15.7. The number of morpholine rings is 2. The van der Waals surface area contributed by atoms with Crippen LogP contribution in [0.2, 0.25) is 0 Å². The average Bonchev–Trinajstić information content (AvgIpc) is 3.45. The van der Waals surface area contributed by atoms with Gasteiger partial charge in [-0.3, -0.25) is 24.8 Å². The van der Waals surface area contributed by atoms with Gasteiger partial charge in [-0.1, -0.05) is 118 Å². The van der Waals surface area contributed by atoms with E-state index in [-0.39, 0.29) is 17.5 Å². The van der Waals surface area contributed by atoms with Gasteiger partial charge in [-0.05, 0) is 100 Å². The van der Waals surface area contributed by atoms with Crippen LogP contribution in [-0.4, -0.2) is 89.4 Å². The third kappa shape index (κ3) is 12.4. The van der Waals surface area contributed by atoms with Gasteiger partial charge in [0.15, 0.2) is 0 Å². The van der Waals surface area contributed by atoms with Gasteiger partial charge in [-0.2, -0.15) is 0 Å². The molecular formula is C63H65N9O4. The van der Waals surface area contributed by atoms with Crippen molar-refractivity contribution in [3.63, 3.8) is 0 Å². The number of ether oxygens (including phenoxy) is 2. The van der Waals surface area contributed by atoms with Crippen molar-refractivity contribution in [2.45, 2.75) is 53.1 Å². The number of nitrogens with zero attached hydrogens (tertiary/aromatic N) is 5. The number of hydrogen-bond acceptors (Lipinski definition) is 9. The summed E-state index contributed by atoms with van der Waals surface area (Å²) in [5.74, 6) is 0. The molecule has 11 rings (SSSR count). The monoisotopic (exact) mass is 1010 g/mol. The number of anilines is 4. The zero-order valence-corrected chi connectivity index (χ0v) is 44.0. The predicted molar refractivity (Wildman–Crippen MR) is 308 cm³/mol. The van der Waals surface area contributed by atoms with Gasteiger partial charge in [0.1, 0.15) is 0 Å². The number of carbonyl (C=O) groups is 2. The van der Waals surface area contributed by atoms with Gasteiger partial charge in [0.2, 0.25) is 0 Å². The Morgan fingerprint density at radius 1 is 0.474 bits per heavy atom. The van der Waals surface area contributed by atoms with Gasteiger partial charge < -0.3 is 30.7 Å². The van der Waals surface area contributed by atoms with E-state index in [1.165, 1.54) is 0 Å². The fourth-order valence-electron chi connectivity index (χ4n) is 9.76. The third-order valence-corrected chi connectivity index (χ3v) is 14.1. The first-order valence-electron chi connectivity index (χ1n) is 26.1. The van der Waals surface area contributed by atoms with Crippen molar-refractivity contribution in [2.24, 2.45) is 0 Å². The molecule has 9 aromatic rings. The van der Waals surface area contributed by atoms with E-state index < -0.39 is 0 Å². The summed E-state index contributed by atoms with van der Waals surface area (Å²) in [5, 5.41) is 18.5. The van der Waals surface area contributed by atoms with Crippen molar-refractivity contribution in [3.8, 4) is 22.3 Å². The molecule has 0 aliphatic carbocycles. The molecule has 3 aromatic heterocycles. The van der Waals surface area contributed by atoms with E-state index >= 15 is 0 Å². The second-order valence-electron chi connectivity index (χ2n) is 20.6. The van der Waals surface area contributed by atoms with Gasteiger partial charge in [-0.15, -0.1) is 0 Å². The minimum absolute atomic E-state index is 0.109. The second-order valence-corrected chi connectivity index (χ2v) is 20.6. The molecule has 2 fully saturated rings. The number of aromatic nitrogens is 3. The number of amides is 4. The normalized spacial score (nSPS) is 14.2. The summed E-state index contributed by atoms with van der Waals surface area (Å²) < 4.78 is 10.9. The summed E-state index contributed by atoms with van der Waals surface area (Å²) in [7, 11) is 0. The van der Waals surface area contributed by atoms with E-state index in [0.717, 1.165) is 171 Å². The van der Waals surface area contributed by atoms with Crippen LogP contribution in [0.25, 0.3) is 54.6 Å². The highest BCUT2D eigenvalue weighted by molar-refractivity contribution is 6.11. The number of fused-ring (bicyclic) bond motifs is 3. The lowest BCUT2D eigenvalue weighted by Gasteiger charge is -2.26. The molecule has 0 radical (unpaired) electrons. The number of rotatable bonds is 10. The second kappa shape index (κ2) is 23.2. The van der Waals surface area contributed by atoms with Crippen molar-refractivity contribution >= 4 is 67.1 Å². The fraction of sp³-hybridized carbons (Fsp3) is 0.254. The molecule has 0 saturated carbocycles. The molecule has 2 aliphatic rings. The number of benzene rings is 6. The van der Waals surface area contributed by atoms with E-state index in [2.05, 4.69) is 111 Å². The molecule has 5 heterocycles. The maximum absolute atomic E-state index is 13.0. The first-order valence-corrected chi connectivity index (χ1v) is 26.1. The lowest BCUT2D eigenvalue weighted by atomic mass is 9.91. The van der Waals surface area contributed by atoms with E-state index in [0.29, 0.717) is 0 Å². The Hall–Kier alpha value is -8.07. The smallest absolute Gasteiger partial charge is 0.323 e. The third-order valence-electron chi connectivity index (χ3n) is 14.1. The summed E-state index contributed by atoms with van der Waals surface area (Å²) >= 11 is 0. The summed E-state index contributed by atoms with van der Waals surface area (Å²) in [5.41, 5.74) is 12.2. The molecule has 0 bridgehead atoms. The fourth-order valence-corrected chi connectivity index (χ4v) is 9.76. The molecule has 4 N–H and O–H groups in total. The van der Waals surface area contributed by atoms with Crippen LogP contribution in [0.5, 0.6) is 0 Å². The van der Waals surface area contributed by atoms with Crippen LogP contribution < -0.4 is 21.3 Å². The maximum Gasteiger partial charge on any atom is 0.323 e. The van der Waals surface area contributed by atoms with Gasteiger partial charge in [0.05, 0.1) is 49.2 Å². The summed E-state index contributed by atoms with van der Waals surface area (Å²) in [6.07, 6.45) is 5.69. The van der Waals surface area contributed by atoms with Gasteiger partial charge in [-0.25, -0.2) is 9.59 Å². The predicted octanol–water partition coefficient (Wildman–Crippen LogP) is 13.2. The van der Waals surface area contributed by atoms with Crippen LogP contribution in [0.1, 0.15) is 49.0 Å². The molecule has 2 saturated heterocycles. The zero-order chi connectivity index (χ0) is 52.6. The van der Waals surface area contributed by atoms with Crippen LogP contribution in [-0.2, 0) is 28.0 Å². The number of pyridine rings is 3. The number of hydrogen-bond donors (Lipinski definition) is 4. The number of carbonyl (C=O) groups excluding carboxylic acids is 2. The van der Waals surface area contributed by atoms with Crippen LogP contribution in [0, 0.1) is 13.8 Å². The lowest BCUT2D eigenvalue weighted by Crippen LogP contribution is -2.35. The molecule has 0 atom stereocenters. The number of aryl methyl sites for hydroxylation is 2. The molecule has 386 valence electrons. The van der Waals surface area contributed by atoms with Crippen molar-refractivity contribution in [3.05, 3.63) is 186 Å². The highest BCUT2D eigenvalue weighted by Crippen LogP contribution is 2.36. The van der Waals surface area contributed by atoms with Crippen LogP contribution in [0.15, 0.2) is 158 Å². The van der Waals surface area contributed by atoms with Gasteiger partial charge >= 0.3 is 12.1 Å². The minimum Gasteiger partial charge on any atom is -0.379 e. The molecule has 2 aliphatic heterocycles. The molecular weight excluding hydrogens is 947 g/mol. The van der Waals surface area contributed by atoms with Crippen LogP contribution in [0.3, 0.4) is 0 Å².